The zero-order valence-electron chi connectivity index (χ0n) is 19.6. The molecule has 0 unspecified atom stereocenters. The molecule has 0 aromatic heterocycles. The fraction of sp³-hybridized carbons (Fsp3) is 0.519. The first-order chi connectivity index (χ1) is 15.3. The lowest BCUT2D eigenvalue weighted by Crippen LogP contribution is -2.48. The third-order valence-electron chi connectivity index (χ3n) is 6.68. The zero-order valence-corrected chi connectivity index (χ0v) is 19.6. The minimum Gasteiger partial charge on any atom is -0.493 e. The molecule has 5 nitrogen and oxygen atoms in total. The molecule has 1 saturated heterocycles. The molecule has 0 bridgehead atoms. The average molecular weight is 435 g/mol. The van der Waals surface area contributed by atoms with E-state index in [-0.39, 0.29) is 17.6 Å². The summed E-state index contributed by atoms with van der Waals surface area (Å²) >= 11 is 0. The van der Waals surface area contributed by atoms with E-state index in [0.29, 0.717) is 18.2 Å². The standard InChI is InChI=1S/C27H34N2O3/c1-27(2,3)15-20-16-29-10-9-19-12-26(32-17-18-7-6-8-21(11-18)28-4)25(31-5)13-22(19)23(29)14-24(20)30/h6-8,11-13,20,23-24,30H,9-10,14-17H2,1-3,5H3/t20-,23-,24-/m1/s1. The fourth-order valence-corrected chi connectivity index (χ4v) is 5.24. The molecule has 4 rings (SSSR count). The normalized spacial score (nSPS) is 23.1. The van der Waals surface area contributed by atoms with Crippen molar-refractivity contribution in [3.05, 3.63) is 64.5 Å². The highest BCUT2D eigenvalue weighted by Gasteiger charge is 2.39. The van der Waals surface area contributed by atoms with Crippen molar-refractivity contribution in [1.82, 2.24) is 4.90 Å². The van der Waals surface area contributed by atoms with Gasteiger partial charge < -0.3 is 14.6 Å². The molecule has 32 heavy (non-hydrogen) atoms. The largest absolute Gasteiger partial charge is 0.493 e. The smallest absolute Gasteiger partial charge is 0.187 e. The van der Waals surface area contributed by atoms with Crippen LogP contribution in [-0.2, 0) is 13.0 Å². The lowest BCUT2D eigenvalue weighted by molar-refractivity contribution is -0.0259. The van der Waals surface area contributed by atoms with Crippen LogP contribution in [0, 0.1) is 17.9 Å². The SMILES string of the molecule is [C-]#[N+]c1cccc(COc2cc3c(cc2OC)[C@H]2C[C@@H](O)[C@H](CC(C)(C)C)CN2CC3)c1. The molecule has 2 aliphatic rings. The Bertz CT molecular complexity index is 1000. The third kappa shape index (κ3) is 4.92. The maximum atomic E-state index is 10.9. The number of nitrogens with zero attached hydrogens (tertiary/aromatic N) is 2. The van der Waals surface area contributed by atoms with E-state index in [2.05, 4.69) is 42.6 Å². The number of aliphatic hydroxyl groups excluding tert-OH is 1. The van der Waals surface area contributed by atoms with Gasteiger partial charge in [0.15, 0.2) is 17.2 Å². The van der Waals surface area contributed by atoms with Gasteiger partial charge in [0.2, 0.25) is 0 Å². The lowest BCUT2D eigenvalue weighted by Gasteiger charge is -2.47. The Kier molecular flexibility index (Phi) is 6.46. The molecule has 170 valence electrons. The number of aliphatic hydroxyl groups is 1. The van der Waals surface area contributed by atoms with E-state index in [1.54, 1.807) is 13.2 Å². The highest BCUT2D eigenvalue weighted by atomic mass is 16.5. The molecule has 2 heterocycles. The summed E-state index contributed by atoms with van der Waals surface area (Å²) in [7, 11) is 1.67. The molecule has 0 radical (unpaired) electrons. The summed E-state index contributed by atoms with van der Waals surface area (Å²) in [6, 6.07) is 11.9. The van der Waals surface area contributed by atoms with Crippen molar-refractivity contribution < 1.29 is 14.6 Å². The topological polar surface area (TPSA) is 46.3 Å². The molecule has 0 aliphatic carbocycles. The van der Waals surface area contributed by atoms with Crippen LogP contribution in [0.2, 0.25) is 0 Å². The van der Waals surface area contributed by atoms with Crippen molar-refractivity contribution in [1.29, 1.82) is 0 Å². The highest BCUT2D eigenvalue weighted by molar-refractivity contribution is 5.50. The van der Waals surface area contributed by atoms with Crippen LogP contribution in [-0.4, -0.2) is 36.3 Å². The van der Waals surface area contributed by atoms with E-state index >= 15 is 0 Å². The summed E-state index contributed by atoms with van der Waals surface area (Å²) in [6.07, 6.45) is 2.49. The third-order valence-corrected chi connectivity index (χ3v) is 6.68. The number of ether oxygens (including phenoxy) is 2. The van der Waals surface area contributed by atoms with Crippen molar-refractivity contribution >= 4 is 5.69 Å². The van der Waals surface area contributed by atoms with Crippen LogP contribution in [0.25, 0.3) is 4.85 Å². The van der Waals surface area contributed by atoms with E-state index in [4.69, 9.17) is 16.0 Å². The molecule has 1 N–H and O–H groups in total. The maximum absolute atomic E-state index is 10.9. The highest BCUT2D eigenvalue weighted by Crippen LogP contribution is 2.44. The van der Waals surface area contributed by atoms with E-state index in [0.717, 1.165) is 49.4 Å². The van der Waals surface area contributed by atoms with E-state index in [1.165, 1.54) is 11.1 Å². The van der Waals surface area contributed by atoms with Crippen LogP contribution >= 0.6 is 0 Å². The van der Waals surface area contributed by atoms with Crippen LogP contribution in [0.15, 0.2) is 36.4 Å². The predicted octanol–water partition coefficient (Wildman–Crippen LogP) is 5.54. The summed E-state index contributed by atoms with van der Waals surface area (Å²) < 4.78 is 11.8. The molecule has 3 atom stereocenters. The van der Waals surface area contributed by atoms with Gasteiger partial charge in [0, 0.05) is 19.1 Å². The number of hydrogen-bond acceptors (Lipinski definition) is 4. The number of rotatable bonds is 5. The lowest BCUT2D eigenvalue weighted by atomic mass is 9.75. The number of piperidine rings is 1. The van der Waals surface area contributed by atoms with Gasteiger partial charge in [0.1, 0.15) is 6.61 Å². The fourth-order valence-electron chi connectivity index (χ4n) is 5.24. The van der Waals surface area contributed by atoms with Gasteiger partial charge in [-0.2, -0.15) is 0 Å². The van der Waals surface area contributed by atoms with E-state index in [9.17, 15) is 5.11 Å². The van der Waals surface area contributed by atoms with Crippen LogP contribution in [0.1, 0.15) is 56.3 Å². The second-order valence-electron chi connectivity index (χ2n) is 10.4. The van der Waals surface area contributed by atoms with E-state index < -0.39 is 0 Å². The van der Waals surface area contributed by atoms with Crippen molar-refractivity contribution in [3.8, 4) is 11.5 Å². The van der Waals surface area contributed by atoms with Gasteiger partial charge in [0.05, 0.1) is 19.8 Å². The summed E-state index contributed by atoms with van der Waals surface area (Å²) in [5, 5.41) is 10.9. The number of methoxy groups -OCH3 is 1. The minimum absolute atomic E-state index is 0.218. The second-order valence-corrected chi connectivity index (χ2v) is 10.4. The molecule has 0 saturated carbocycles. The quantitative estimate of drug-likeness (QED) is 0.628. The molecule has 2 aliphatic heterocycles. The zero-order chi connectivity index (χ0) is 22.9. The van der Waals surface area contributed by atoms with Crippen LogP contribution in [0.5, 0.6) is 11.5 Å². The Morgan fingerprint density at radius 1 is 1.19 bits per heavy atom. The Morgan fingerprint density at radius 3 is 2.72 bits per heavy atom. The van der Waals surface area contributed by atoms with Gasteiger partial charge in [-0.05, 0) is 65.5 Å². The first-order valence-corrected chi connectivity index (χ1v) is 11.5. The molecular weight excluding hydrogens is 400 g/mol. The summed E-state index contributed by atoms with van der Waals surface area (Å²) in [6.45, 7) is 16.3. The summed E-state index contributed by atoms with van der Waals surface area (Å²) in [4.78, 5) is 6.03. The second kappa shape index (κ2) is 9.13. The van der Waals surface area contributed by atoms with Gasteiger partial charge in [0.25, 0.3) is 0 Å². The van der Waals surface area contributed by atoms with Gasteiger partial charge in [-0.15, -0.1) is 0 Å². The molecule has 0 amide bonds. The summed E-state index contributed by atoms with van der Waals surface area (Å²) in [5.41, 5.74) is 4.33. The molecular formula is C27H34N2O3. The number of benzene rings is 2. The van der Waals surface area contributed by atoms with Crippen molar-refractivity contribution in [2.24, 2.45) is 11.3 Å². The summed E-state index contributed by atoms with van der Waals surface area (Å²) in [5.74, 6) is 1.77. The maximum Gasteiger partial charge on any atom is 0.187 e. The van der Waals surface area contributed by atoms with Crippen LogP contribution in [0.4, 0.5) is 5.69 Å². The molecule has 5 heteroatoms. The van der Waals surface area contributed by atoms with Gasteiger partial charge in [-0.25, -0.2) is 4.85 Å². The van der Waals surface area contributed by atoms with Gasteiger partial charge in [-0.3, -0.25) is 4.90 Å². The van der Waals surface area contributed by atoms with Gasteiger partial charge in [-0.1, -0.05) is 39.0 Å². The minimum atomic E-state index is -0.280. The molecule has 0 spiro atoms. The Morgan fingerprint density at radius 2 is 2.00 bits per heavy atom. The Hall–Kier alpha value is -2.55. The number of hydrogen-bond donors (Lipinski definition) is 1. The van der Waals surface area contributed by atoms with Crippen LogP contribution in [0.3, 0.4) is 0 Å². The number of fused-ring (bicyclic) bond motifs is 3. The predicted molar refractivity (Wildman–Crippen MR) is 126 cm³/mol. The molecule has 1 fully saturated rings. The average Bonchev–Trinajstić information content (AvgIpc) is 2.76. The molecule has 2 aromatic carbocycles. The van der Waals surface area contributed by atoms with Gasteiger partial charge >= 0.3 is 0 Å². The van der Waals surface area contributed by atoms with Crippen molar-refractivity contribution in [2.75, 3.05) is 20.2 Å². The van der Waals surface area contributed by atoms with Crippen molar-refractivity contribution in [3.63, 3.8) is 0 Å². The first kappa shape index (κ1) is 22.6. The first-order valence-electron chi connectivity index (χ1n) is 11.5. The van der Waals surface area contributed by atoms with E-state index in [1.807, 2.05) is 18.2 Å². The van der Waals surface area contributed by atoms with Crippen LogP contribution < -0.4 is 9.47 Å². The monoisotopic (exact) mass is 434 g/mol. The molecule has 2 aromatic rings. The Labute approximate surface area is 191 Å². The van der Waals surface area contributed by atoms with Crippen molar-refractivity contribution in [2.45, 2.75) is 58.8 Å². The Balaban J connectivity index is 1.53.